The number of hydrogen-bond acceptors (Lipinski definition) is 3. The summed E-state index contributed by atoms with van der Waals surface area (Å²) in [5, 5.41) is 1.54. The van der Waals surface area contributed by atoms with E-state index in [-0.39, 0.29) is 17.0 Å². The zero-order valence-corrected chi connectivity index (χ0v) is 8.60. The lowest BCUT2D eigenvalue weighted by molar-refractivity contribution is -0.116. The largest absolute Gasteiger partial charge is 0.271 e. The number of nitrogens with zero attached hydrogens (tertiary/aromatic N) is 2. The van der Waals surface area contributed by atoms with Crippen LogP contribution >= 0.6 is 35.0 Å². The number of fused-ring (bicyclic) bond motifs is 1. The highest BCUT2D eigenvalue weighted by atomic mass is 35.5. The quantitative estimate of drug-likeness (QED) is 0.650. The third-order valence-electron chi connectivity index (χ3n) is 1.61. The zero-order valence-electron chi connectivity index (χ0n) is 6.28. The molecule has 0 saturated carbocycles. The van der Waals surface area contributed by atoms with Gasteiger partial charge in [0, 0.05) is 0 Å². The fourth-order valence-electron chi connectivity index (χ4n) is 1.05. The fourth-order valence-corrected chi connectivity index (χ4v) is 2.06. The van der Waals surface area contributed by atoms with Gasteiger partial charge in [0.1, 0.15) is 5.25 Å². The molecule has 0 spiro atoms. The van der Waals surface area contributed by atoms with E-state index in [0.717, 1.165) is 0 Å². The Labute approximate surface area is 88.9 Å². The van der Waals surface area contributed by atoms with Crippen LogP contribution in [0.15, 0.2) is 21.5 Å². The van der Waals surface area contributed by atoms with Gasteiger partial charge in [-0.3, -0.25) is 4.79 Å². The lowest BCUT2D eigenvalue weighted by Gasteiger charge is -2.12. The van der Waals surface area contributed by atoms with E-state index >= 15 is 0 Å². The number of carbonyl (C=O) groups is 1. The summed E-state index contributed by atoms with van der Waals surface area (Å²) in [5.41, 5.74) is 0.686. The molecule has 2 heterocycles. The second-order valence-corrected chi connectivity index (χ2v) is 4.58. The van der Waals surface area contributed by atoms with Gasteiger partial charge in [0.05, 0.1) is 5.71 Å². The van der Waals surface area contributed by atoms with Gasteiger partial charge in [0.15, 0.2) is 10.7 Å². The minimum Gasteiger partial charge on any atom is -0.271 e. The summed E-state index contributed by atoms with van der Waals surface area (Å²) in [6.07, 6.45) is 1.78. The van der Waals surface area contributed by atoms with Gasteiger partial charge in [-0.05, 0) is 11.5 Å². The molecule has 0 bridgehead atoms. The van der Waals surface area contributed by atoms with E-state index in [0.29, 0.717) is 5.71 Å². The molecule has 6 heteroatoms. The van der Waals surface area contributed by atoms with Crippen LogP contribution in [0.3, 0.4) is 0 Å². The van der Waals surface area contributed by atoms with E-state index < -0.39 is 4.84 Å². The first-order valence-corrected chi connectivity index (χ1v) is 5.31. The molecule has 2 rings (SSSR count). The number of carbonyl (C=O) groups excluding carboxylic acids is 1. The van der Waals surface area contributed by atoms with E-state index in [1.54, 1.807) is 6.08 Å². The average Bonchev–Trinajstić information content (AvgIpc) is 2.51. The van der Waals surface area contributed by atoms with E-state index in [9.17, 15) is 4.79 Å². The van der Waals surface area contributed by atoms with Crippen molar-refractivity contribution >= 4 is 52.4 Å². The van der Waals surface area contributed by atoms with Crippen molar-refractivity contribution in [3.8, 4) is 0 Å². The SMILES string of the molecule is O=C1N=C(C(Cl)Cl)N=C2C=CSC12. The topological polar surface area (TPSA) is 41.8 Å². The van der Waals surface area contributed by atoms with Gasteiger partial charge in [-0.2, -0.15) is 4.99 Å². The smallest absolute Gasteiger partial charge is 0.267 e. The number of allylic oxidation sites excluding steroid dienone is 1. The Kier molecular flexibility index (Phi) is 2.45. The molecule has 0 aliphatic carbocycles. The number of hydrogen-bond donors (Lipinski definition) is 0. The predicted molar refractivity (Wildman–Crippen MR) is 55.9 cm³/mol. The Morgan fingerprint density at radius 3 is 2.92 bits per heavy atom. The normalized spacial score (nSPS) is 26.1. The lowest BCUT2D eigenvalue weighted by atomic mass is 10.2. The molecule has 13 heavy (non-hydrogen) atoms. The molecule has 2 aliphatic rings. The van der Waals surface area contributed by atoms with Crippen LogP contribution in [-0.4, -0.2) is 27.5 Å². The van der Waals surface area contributed by atoms with Crippen molar-refractivity contribution in [2.45, 2.75) is 10.1 Å². The molecule has 0 aromatic rings. The van der Waals surface area contributed by atoms with Crippen molar-refractivity contribution in [2.24, 2.45) is 9.98 Å². The first-order valence-electron chi connectivity index (χ1n) is 3.49. The monoisotopic (exact) mass is 234 g/mol. The van der Waals surface area contributed by atoms with Crippen molar-refractivity contribution < 1.29 is 4.79 Å². The highest BCUT2D eigenvalue weighted by molar-refractivity contribution is 8.04. The van der Waals surface area contributed by atoms with E-state index in [4.69, 9.17) is 23.2 Å². The lowest BCUT2D eigenvalue weighted by Crippen LogP contribution is -2.29. The summed E-state index contributed by atoms with van der Waals surface area (Å²) in [6, 6.07) is 0. The molecule has 1 unspecified atom stereocenters. The molecule has 0 fully saturated rings. The maximum atomic E-state index is 11.3. The van der Waals surface area contributed by atoms with Gasteiger partial charge in [0.2, 0.25) is 0 Å². The van der Waals surface area contributed by atoms with Gasteiger partial charge in [-0.1, -0.05) is 23.2 Å². The summed E-state index contributed by atoms with van der Waals surface area (Å²) < 4.78 is 0. The van der Waals surface area contributed by atoms with Gasteiger partial charge >= 0.3 is 0 Å². The van der Waals surface area contributed by atoms with Crippen LogP contribution in [0.2, 0.25) is 0 Å². The molecule has 68 valence electrons. The molecule has 0 radical (unpaired) electrons. The van der Waals surface area contributed by atoms with Crippen LogP contribution in [0.25, 0.3) is 0 Å². The number of thioether (sulfide) groups is 1. The van der Waals surface area contributed by atoms with Crippen molar-refractivity contribution in [1.82, 2.24) is 0 Å². The van der Waals surface area contributed by atoms with Crippen LogP contribution in [0.4, 0.5) is 0 Å². The Balaban J connectivity index is 2.35. The zero-order chi connectivity index (χ0) is 9.42. The van der Waals surface area contributed by atoms with Gasteiger partial charge in [-0.15, -0.1) is 11.8 Å². The molecule has 2 aliphatic heterocycles. The number of amidine groups is 1. The summed E-state index contributed by atoms with van der Waals surface area (Å²) in [6.45, 7) is 0. The Hall–Kier alpha value is -0.320. The molecule has 0 aromatic carbocycles. The van der Waals surface area contributed by atoms with E-state index in [2.05, 4.69) is 9.98 Å². The summed E-state index contributed by atoms with van der Waals surface area (Å²) >= 11 is 12.5. The molecule has 0 N–H and O–H groups in total. The average molecular weight is 235 g/mol. The summed E-state index contributed by atoms with van der Waals surface area (Å²) in [5.74, 6) is -0.0481. The third kappa shape index (κ3) is 1.66. The standard InChI is InChI=1S/C7H4Cl2N2OS/c8-5(9)6-10-3-1-2-13-4(3)7(12)11-6/h1-2,4-5H. The summed E-state index contributed by atoms with van der Waals surface area (Å²) in [7, 11) is 0. The van der Waals surface area contributed by atoms with Gasteiger partial charge in [0.25, 0.3) is 5.91 Å². The third-order valence-corrected chi connectivity index (χ3v) is 3.01. The van der Waals surface area contributed by atoms with E-state index in [1.807, 2.05) is 5.41 Å². The first-order chi connectivity index (χ1) is 6.18. The molecule has 0 aromatic heterocycles. The number of alkyl halides is 2. The van der Waals surface area contributed by atoms with Crippen molar-refractivity contribution in [2.75, 3.05) is 0 Å². The minimum atomic E-state index is -0.837. The van der Waals surface area contributed by atoms with Crippen molar-refractivity contribution in [3.05, 3.63) is 11.5 Å². The highest BCUT2D eigenvalue weighted by Gasteiger charge is 2.31. The maximum absolute atomic E-state index is 11.3. The highest BCUT2D eigenvalue weighted by Crippen LogP contribution is 2.27. The first kappa shape index (κ1) is 9.24. The van der Waals surface area contributed by atoms with Crippen LogP contribution in [0.5, 0.6) is 0 Å². The Bertz CT molecular complexity index is 348. The molecular formula is C7H4Cl2N2OS. The minimum absolute atomic E-state index is 0.187. The molecule has 3 nitrogen and oxygen atoms in total. The number of halogens is 2. The van der Waals surface area contributed by atoms with Crippen LogP contribution < -0.4 is 0 Å². The molecular weight excluding hydrogens is 231 g/mol. The van der Waals surface area contributed by atoms with Crippen LogP contribution in [0.1, 0.15) is 0 Å². The second-order valence-electron chi connectivity index (χ2n) is 2.46. The van der Waals surface area contributed by atoms with Crippen molar-refractivity contribution in [3.63, 3.8) is 0 Å². The van der Waals surface area contributed by atoms with Gasteiger partial charge < -0.3 is 0 Å². The summed E-state index contributed by atoms with van der Waals surface area (Å²) in [4.78, 5) is 18.3. The van der Waals surface area contributed by atoms with Crippen LogP contribution in [-0.2, 0) is 4.79 Å². The molecule has 1 atom stereocenters. The molecule has 0 saturated heterocycles. The Morgan fingerprint density at radius 1 is 1.46 bits per heavy atom. The maximum Gasteiger partial charge on any atom is 0.267 e. The van der Waals surface area contributed by atoms with E-state index in [1.165, 1.54) is 11.8 Å². The van der Waals surface area contributed by atoms with Crippen molar-refractivity contribution in [1.29, 1.82) is 0 Å². The Morgan fingerprint density at radius 2 is 2.23 bits per heavy atom. The van der Waals surface area contributed by atoms with Gasteiger partial charge in [-0.25, -0.2) is 4.99 Å². The number of aliphatic imine (C=N–C) groups is 2. The fraction of sp³-hybridized carbons (Fsp3) is 0.286. The number of rotatable bonds is 1. The number of amides is 1. The van der Waals surface area contributed by atoms with Crippen LogP contribution in [0, 0.1) is 0 Å². The predicted octanol–water partition coefficient (Wildman–Crippen LogP) is 1.80. The second kappa shape index (κ2) is 3.44. The molecule has 1 amide bonds.